The van der Waals surface area contributed by atoms with Gasteiger partial charge in [-0.05, 0) is 32.1 Å². The number of ether oxygens (including phenoxy) is 2. The number of hydrogen-bond donors (Lipinski definition) is 1. The van der Waals surface area contributed by atoms with Gasteiger partial charge in [0.2, 0.25) is 0 Å². The zero-order valence-corrected chi connectivity index (χ0v) is 37.2. The quantitative estimate of drug-likeness (QED) is 0.0215. The van der Waals surface area contributed by atoms with E-state index in [9.17, 15) is 19.0 Å². The summed E-state index contributed by atoms with van der Waals surface area (Å²) < 4.78 is 34.3. The van der Waals surface area contributed by atoms with Crippen LogP contribution in [0.3, 0.4) is 0 Å². The Balaban J connectivity index is 4.41. The minimum absolute atomic E-state index is 0.0243. The molecular formula is C46H83NO8P+. The van der Waals surface area contributed by atoms with Gasteiger partial charge >= 0.3 is 19.8 Å². The number of rotatable bonds is 39. The lowest BCUT2D eigenvalue weighted by Crippen LogP contribution is -2.37. The number of esters is 2. The molecule has 0 aromatic rings. The van der Waals surface area contributed by atoms with E-state index in [0.717, 1.165) is 57.8 Å². The fraction of sp³-hybridized carbons (Fsp3) is 0.739. The number of quaternary nitrogens is 1. The molecule has 0 amide bonds. The van der Waals surface area contributed by atoms with Crippen molar-refractivity contribution in [3.63, 3.8) is 0 Å². The van der Waals surface area contributed by atoms with E-state index in [2.05, 4.69) is 32.1 Å². The molecule has 0 rings (SSSR count). The minimum Gasteiger partial charge on any atom is -0.462 e. The third-order valence-electron chi connectivity index (χ3n) is 9.19. The minimum atomic E-state index is -4.38. The van der Waals surface area contributed by atoms with Crippen LogP contribution >= 0.6 is 7.82 Å². The Morgan fingerprint density at radius 3 is 1.52 bits per heavy atom. The van der Waals surface area contributed by atoms with Gasteiger partial charge in [0.15, 0.2) is 6.10 Å². The first-order valence-electron chi connectivity index (χ1n) is 22.1. The summed E-state index contributed by atoms with van der Waals surface area (Å²) in [7, 11) is 1.45. The number of hydrogen-bond acceptors (Lipinski definition) is 7. The van der Waals surface area contributed by atoms with Gasteiger partial charge < -0.3 is 18.9 Å². The van der Waals surface area contributed by atoms with E-state index in [0.29, 0.717) is 17.4 Å². The van der Waals surface area contributed by atoms with Crippen LogP contribution < -0.4 is 0 Å². The maximum Gasteiger partial charge on any atom is 0.472 e. The van der Waals surface area contributed by atoms with Crippen molar-refractivity contribution in [2.24, 2.45) is 0 Å². The molecule has 324 valence electrons. The number of nitrogens with zero attached hydrogens (tertiary/aromatic N) is 1. The van der Waals surface area contributed by atoms with Gasteiger partial charge in [-0.1, -0.05) is 184 Å². The standard InChI is InChI=1S/C46H82NO8P/c1-6-8-10-12-14-16-18-20-22-23-25-27-29-31-33-35-37-39-46(49)55-44(43-54-56(50,51)53-41-40-47(3,4)5)42-52-45(48)38-36-34-32-30-28-26-24-21-19-17-15-13-11-9-7-2/h8,10,12,14,16,18,20,22-23,25,44H,6-7,9,11,13,15,17,19,21,24,26-43H2,1-5H3/p+1/b10-8-,14-12-,18-16-,22-20-,25-23-/t44-/m1/s1. The van der Waals surface area contributed by atoms with Crippen LogP contribution in [0, 0.1) is 0 Å². The molecule has 0 radical (unpaired) electrons. The Bertz CT molecular complexity index is 1140. The fourth-order valence-corrected chi connectivity index (χ4v) is 6.48. The molecule has 0 aromatic carbocycles. The van der Waals surface area contributed by atoms with E-state index >= 15 is 0 Å². The third-order valence-corrected chi connectivity index (χ3v) is 10.2. The summed E-state index contributed by atoms with van der Waals surface area (Å²) in [5, 5.41) is 0. The summed E-state index contributed by atoms with van der Waals surface area (Å²) in [5.41, 5.74) is 0. The molecule has 1 N–H and O–H groups in total. The molecule has 0 fully saturated rings. The molecule has 0 spiro atoms. The van der Waals surface area contributed by atoms with Gasteiger partial charge in [-0.15, -0.1) is 0 Å². The summed E-state index contributed by atoms with van der Waals surface area (Å²) >= 11 is 0. The van der Waals surface area contributed by atoms with Crippen LogP contribution in [0.15, 0.2) is 60.8 Å². The first-order valence-corrected chi connectivity index (χ1v) is 23.6. The van der Waals surface area contributed by atoms with Gasteiger partial charge in [0.25, 0.3) is 0 Å². The van der Waals surface area contributed by atoms with Gasteiger partial charge in [0.1, 0.15) is 19.8 Å². The average Bonchev–Trinajstić information content (AvgIpc) is 3.15. The average molecular weight is 809 g/mol. The summed E-state index contributed by atoms with van der Waals surface area (Å²) in [6.07, 6.45) is 45.5. The number of allylic oxidation sites excluding steroid dienone is 10. The molecular weight excluding hydrogens is 725 g/mol. The molecule has 9 nitrogen and oxygen atoms in total. The van der Waals surface area contributed by atoms with E-state index in [1.807, 2.05) is 63.7 Å². The molecule has 0 aliphatic carbocycles. The number of phosphoric acid groups is 1. The zero-order valence-electron chi connectivity index (χ0n) is 36.3. The predicted molar refractivity (Wildman–Crippen MR) is 233 cm³/mol. The van der Waals surface area contributed by atoms with Crippen molar-refractivity contribution in [1.29, 1.82) is 0 Å². The Hall–Kier alpha value is -2.29. The van der Waals surface area contributed by atoms with Gasteiger partial charge in [0, 0.05) is 12.8 Å². The lowest BCUT2D eigenvalue weighted by molar-refractivity contribution is -0.870. The number of unbranched alkanes of at least 4 members (excludes halogenated alkanes) is 19. The third kappa shape index (κ3) is 41.3. The molecule has 1 unspecified atom stereocenters. The second-order valence-electron chi connectivity index (χ2n) is 15.8. The normalized spacial score (nSPS) is 14.2. The first-order chi connectivity index (χ1) is 27.0. The molecule has 10 heteroatoms. The second-order valence-corrected chi connectivity index (χ2v) is 17.3. The summed E-state index contributed by atoms with van der Waals surface area (Å²) in [5.74, 6) is -0.828. The maximum atomic E-state index is 12.7. The van der Waals surface area contributed by atoms with Crippen molar-refractivity contribution in [1.82, 2.24) is 0 Å². The van der Waals surface area contributed by atoms with Crippen molar-refractivity contribution in [2.45, 2.75) is 174 Å². The van der Waals surface area contributed by atoms with Crippen LogP contribution in [0.5, 0.6) is 0 Å². The van der Waals surface area contributed by atoms with Gasteiger partial charge in [-0.25, -0.2) is 4.57 Å². The first kappa shape index (κ1) is 53.7. The highest BCUT2D eigenvalue weighted by molar-refractivity contribution is 7.47. The Labute approximate surface area is 343 Å². The van der Waals surface area contributed by atoms with E-state index in [4.69, 9.17) is 18.5 Å². The van der Waals surface area contributed by atoms with Crippen molar-refractivity contribution < 1.29 is 42.1 Å². The van der Waals surface area contributed by atoms with E-state index in [1.54, 1.807) is 0 Å². The molecule has 0 aromatic heterocycles. The zero-order chi connectivity index (χ0) is 41.4. The molecule has 2 atom stereocenters. The molecule has 0 saturated heterocycles. The molecule has 0 saturated carbocycles. The van der Waals surface area contributed by atoms with Gasteiger partial charge in [0.05, 0.1) is 27.7 Å². The lowest BCUT2D eigenvalue weighted by Gasteiger charge is -2.24. The highest BCUT2D eigenvalue weighted by atomic mass is 31.2. The van der Waals surface area contributed by atoms with Crippen molar-refractivity contribution >= 4 is 19.8 Å². The van der Waals surface area contributed by atoms with Crippen LogP contribution in [0.2, 0.25) is 0 Å². The van der Waals surface area contributed by atoms with Crippen molar-refractivity contribution in [2.75, 3.05) is 47.5 Å². The van der Waals surface area contributed by atoms with Gasteiger partial charge in [-0.2, -0.15) is 0 Å². The number of likely N-dealkylation sites (N-methyl/N-ethyl adjacent to an activating group) is 1. The van der Waals surface area contributed by atoms with Crippen LogP contribution in [-0.4, -0.2) is 74.9 Å². The van der Waals surface area contributed by atoms with Crippen molar-refractivity contribution in [3.05, 3.63) is 60.8 Å². The Morgan fingerprint density at radius 2 is 1.02 bits per heavy atom. The number of phosphoric ester groups is 1. The van der Waals surface area contributed by atoms with E-state index in [-0.39, 0.29) is 32.0 Å². The molecule has 0 aliphatic rings. The Morgan fingerprint density at radius 1 is 0.571 bits per heavy atom. The van der Waals surface area contributed by atoms with Gasteiger partial charge in [-0.3, -0.25) is 18.6 Å². The Kier molecular flexibility index (Phi) is 36.7. The predicted octanol–water partition coefficient (Wildman–Crippen LogP) is 12.5. The highest BCUT2D eigenvalue weighted by Crippen LogP contribution is 2.43. The number of carbonyl (C=O) groups excluding carboxylic acids is 2. The lowest BCUT2D eigenvalue weighted by atomic mass is 10.0. The van der Waals surface area contributed by atoms with Crippen LogP contribution in [0.1, 0.15) is 168 Å². The SMILES string of the molecule is CC\C=C/C=C\C=C/C=C\C=C/CCCCCCCC(=O)O[C@H](COC(=O)CCCCCCCCCCCCCCCCC)COP(=O)(O)OCC[N+](C)(C)C. The smallest absolute Gasteiger partial charge is 0.462 e. The topological polar surface area (TPSA) is 108 Å². The van der Waals surface area contributed by atoms with Crippen LogP contribution in [-0.2, 0) is 32.7 Å². The van der Waals surface area contributed by atoms with E-state index in [1.165, 1.54) is 77.0 Å². The van der Waals surface area contributed by atoms with Crippen LogP contribution in [0.25, 0.3) is 0 Å². The molecule has 0 bridgehead atoms. The maximum absolute atomic E-state index is 12.7. The molecule has 0 aliphatic heterocycles. The van der Waals surface area contributed by atoms with Crippen LogP contribution in [0.4, 0.5) is 0 Å². The molecule has 0 heterocycles. The second kappa shape index (κ2) is 38.2. The number of carbonyl (C=O) groups is 2. The monoisotopic (exact) mass is 809 g/mol. The molecule has 56 heavy (non-hydrogen) atoms. The van der Waals surface area contributed by atoms with Crippen molar-refractivity contribution in [3.8, 4) is 0 Å². The van der Waals surface area contributed by atoms with E-state index < -0.39 is 26.5 Å². The highest BCUT2D eigenvalue weighted by Gasteiger charge is 2.27. The summed E-state index contributed by atoms with van der Waals surface area (Å²) in [4.78, 5) is 35.4. The summed E-state index contributed by atoms with van der Waals surface area (Å²) in [6.45, 7) is 4.25. The summed E-state index contributed by atoms with van der Waals surface area (Å²) in [6, 6.07) is 0. The fourth-order valence-electron chi connectivity index (χ4n) is 5.74. The largest absolute Gasteiger partial charge is 0.472 e.